The third-order valence-electron chi connectivity index (χ3n) is 0.163. The minimum atomic E-state index is -5.09. The molecule has 0 rings (SSSR count). The van der Waals surface area contributed by atoms with Gasteiger partial charge in [-0.15, -0.1) is 13.2 Å². The van der Waals surface area contributed by atoms with Gasteiger partial charge in [0.15, 0.2) is 0 Å². The fourth-order valence-electron chi connectivity index (χ4n) is 0.0772. The van der Waals surface area contributed by atoms with Gasteiger partial charge in [-0.05, 0) is 0 Å². The van der Waals surface area contributed by atoms with Crippen molar-refractivity contribution in [1.29, 1.82) is 0 Å². The van der Waals surface area contributed by atoms with Crippen LogP contribution in [0.4, 0.5) is 13.2 Å². The number of hydrogen-bond acceptors (Lipinski definition) is 4. The molecule has 3 nitrogen and oxygen atoms in total. The Kier molecular flexibility index (Phi) is 5.47. The van der Waals surface area contributed by atoms with E-state index in [1.807, 2.05) is 0 Å². The molecule has 8 heteroatoms. The van der Waals surface area contributed by atoms with Crippen LogP contribution in [0.1, 0.15) is 0 Å². The van der Waals surface area contributed by atoms with Gasteiger partial charge in [0.05, 0.1) is 11.0 Å². The zero-order valence-corrected chi connectivity index (χ0v) is 7.08. The molecule has 0 aliphatic heterocycles. The van der Waals surface area contributed by atoms with E-state index >= 15 is 0 Å². The molecule has 0 atom stereocenters. The Morgan fingerprint density at radius 3 is 1.56 bits per heavy atom. The SMILES string of the molecule is O=[S-](=O)OC(F)(F)F.[AlH2+]. The van der Waals surface area contributed by atoms with Crippen LogP contribution in [0.15, 0.2) is 0 Å². The van der Waals surface area contributed by atoms with Crippen molar-refractivity contribution in [3.63, 3.8) is 0 Å². The van der Waals surface area contributed by atoms with Crippen molar-refractivity contribution < 1.29 is 25.8 Å². The maximum absolute atomic E-state index is 10.7. The fourth-order valence-corrected chi connectivity index (χ4v) is 0.231. The molecule has 0 spiro atoms. The van der Waals surface area contributed by atoms with Crippen LogP contribution in [0, 0.1) is 0 Å². The maximum atomic E-state index is 10.7. The quantitative estimate of drug-likeness (QED) is 0.413. The monoisotopic (exact) mass is 178 g/mol. The summed E-state index contributed by atoms with van der Waals surface area (Å²) >= 11 is 0. The van der Waals surface area contributed by atoms with E-state index in [4.69, 9.17) is 8.42 Å². The van der Waals surface area contributed by atoms with Crippen molar-refractivity contribution in [1.82, 2.24) is 0 Å². The molecule has 54 valence electrons. The van der Waals surface area contributed by atoms with E-state index in [1.165, 1.54) is 0 Å². The van der Waals surface area contributed by atoms with E-state index in [1.54, 1.807) is 0 Å². The fraction of sp³-hybridized carbons (Fsp3) is 1.00. The molecule has 0 saturated heterocycles. The zero-order chi connectivity index (χ0) is 6.78. The predicted molar refractivity (Wildman–Crippen MR) is 24.4 cm³/mol. The molecule has 0 aliphatic carbocycles. The second kappa shape index (κ2) is 4.11. The molecule has 0 bridgehead atoms. The molecular weight excluding hydrogens is 176 g/mol. The predicted octanol–water partition coefficient (Wildman–Crippen LogP) is -0.169. The van der Waals surface area contributed by atoms with Crippen molar-refractivity contribution in [2.45, 2.75) is 6.36 Å². The summed E-state index contributed by atoms with van der Waals surface area (Å²) in [6, 6.07) is 0. The van der Waals surface area contributed by atoms with Gasteiger partial charge in [-0.2, -0.15) is 0 Å². The first-order valence-corrected chi connectivity index (χ1v) is 2.27. The van der Waals surface area contributed by atoms with Gasteiger partial charge in [-0.3, -0.25) is 0 Å². The molecule has 0 radical (unpaired) electrons. The first-order chi connectivity index (χ1) is 3.42. The third kappa shape index (κ3) is 11.7. The van der Waals surface area contributed by atoms with Crippen LogP contribution in [0.5, 0.6) is 0 Å². The molecule has 0 aromatic heterocycles. The average Bonchev–Trinajstić information content (AvgIpc) is 1.21. The van der Waals surface area contributed by atoms with Crippen LogP contribution in [-0.2, 0) is 23.6 Å². The topological polar surface area (TPSA) is 43.4 Å². The number of hydrogen-bond donors (Lipinski definition) is 0. The summed E-state index contributed by atoms with van der Waals surface area (Å²) in [4.78, 5) is 0. The first-order valence-electron chi connectivity index (χ1n) is 1.27. The van der Waals surface area contributed by atoms with E-state index in [0.717, 1.165) is 0 Å². The van der Waals surface area contributed by atoms with Gasteiger partial charge < -0.3 is 12.6 Å². The molecule has 0 saturated carbocycles. The van der Waals surface area contributed by atoms with E-state index in [9.17, 15) is 13.2 Å². The average molecular weight is 178 g/mol. The zero-order valence-electron chi connectivity index (χ0n) is 4.27. The van der Waals surface area contributed by atoms with Crippen molar-refractivity contribution in [2.75, 3.05) is 0 Å². The molecule has 0 aliphatic rings. The molecule has 9 heavy (non-hydrogen) atoms. The van der Waals surface area contributed by atoms with Gasteiger partial charge in [0.2, 0.25) is 0 Å². The number of alkyl halides is 3. The van der Waals surface area contributed by atoms with Gasteiger partial charge in [-0.1, -0.05) is 0 Å². The van der Waals surface area contributed by atoms with E-state index in [2.05, 4.69) is 4.18 Å². The molecule has 0 heterocycles. The van der Waals surface area contributed by atoms with Crippen molar-refractivity contribution in [3.8, 4) is 0 Å². The Morgan fingerprint density at radius 1 is 1.22 bits per heavy atom. The second-order valence-corrected chi connectivity index (χ2v) is 1.31. The molecule has 0 amide bonds. The van der Waals surface area contributed by atoms with Gasteiger partial charge in [-0.25, -0.2) is 0 Å². The van der Waals surface area contributed by atoms with Gasteiger partial charge >= 0.3 is 23.7 Å². The summed E-state index contributed by atoms with van der Waals surface area (Å²) in [5, 5.41) is 0. The summed E-state index contributed by atoms with van der Waals surface area (Å²) < 4.78 is 52.6. The van der Waals surface area contributed by atoms with Crippen molar-refractivity contribution in [2.24, 2.45) is 0 Å². The summed E-state index contributed by atoms with van der Waals surface area (Å²) in [6.07, 6.45) is -5.09. The van der Waals surface area contributed by atoms with Crippen LogP contribution in [0.2, 0.25) is 0 Å². The first kappa shape index (κ1) is 12.0. The summed E-state index contributed by atoms with van der Waals surface area (Å²) in [5.74, 6) is 0. The Morgan fingerprint density at radius 2 is 1.56 bits per heavy atom. The summed E-state index contributed by atoms with van der Waals surface area (Å²) in [6.45, 7) is 0. The van der Waals surface area contributed by atoms with Crippen molar-refractivity contribution in [3.05, 3.63) is 0 Å². The molecule has 0 fully saturated rings. The summed E-state index contributed by atoms with van der Waals surface area (Å²) in [7, 11) is -3.51. The van der Waals surface area contributed by atoms with Crippen LogP contribution >= 0.6 is 0 Å². The van der Waals surface area contributed by atoms with E-state index in [-0.39, 0.29) is 17.4 Å². The van der Waals surface area contributed by atoms with E-state index in [0.29, 0.717) is 0 Å². The van der Waals surface area contributed by atoms with Gasteiger partial charge in [0.1, 0.15) is 0 Å². The van der Waals surface area contributed by atoms with E-state index < -0.39 is 17.3 Å². The van der Waals surface area contributed by atoms with Crippen LogP contribution in [0.3, 0.4) is 0 Å². The summed E-state index contributed by atoms with van der Waals surface area (Å²) in [5.41, 5.74) is 0. The van der Waals surface area contributed by atoms with Crippen LogP contribution in [0.25, 0.3) is 0 Å². The molecule has 0 aromatic carbocycles. The standard InChI is InChI=1S/CF3O3S.Al.2H/c2-1(3,4)7-8(5)6;;;/q-1;+1;;. The molecule has 0 N–H and O–H groups in total. The molecular formula is CH2AlF3O3S. The Balaban J connectivity index is 0. The molecule has 0 aromatic rings. The Labute approximate surface area is 61.1 Å². The third-order valence-corrected chi connectivity index (χ3v) is 0.488. The van der Waals surface area contributed by atoms with Crippen molar-refractivity contribution >= 4 is 28.3 Å². The Hall–Kier alpha value is 0.232. The number of halogens is 3. The Bertz CT molecular complexity index is 130. The minimum absolute atomic E-state index is 0. The van der Waals surface area contributed by atoms with Gasteiger partial charge in [0, 0.05) is 0 Å². The van der Waals surface area contributed by atoms with Crippen LogP contribution in [-0.4, -0.2) is 23.7 Å². The van der Waals surface area contributed by atoms with Gasteiger partial charge in [0.25, 0.3) is 0 Å². The number of rotatable bonds is 1. The van der Waals surface area contributed by atoms with Crippen LogP contribution < -0.4 is 0 Å². The molecule has 0 unspecified atom stereocenters. The normalized spacial score (nSPS) is 11.1. The second-order valence-electron chi connectivity index (χ2n) is 0.733.